The molecule has 0 bridgehead atoms. The fourth-order valence-electron chi connectivity index (χ4n) is 1.32. The van der Waals surface area contributed by atoms with E-state index in [1.807, 2.05) is 45.0 Å². The molecule has 0 saturated heterocycles. The first kappa shape index (κ1) is 13.2. The number of aliphatic hydroxyl groups is 1. The van der Waals surface area contributed by atoms with Crippen molar-refractivity contribution in [2.24, 2.45) is 0 Å². The Bertz CT molecular complexity index is 243. The second-order valence-electron chi connectivity index (χ2n) is 3.22. The fourth-order valence-corrected chi connectivity index (χ4v) is 1.32. The van der Waals surface area contributed by atoms with Gasteiger partial charge < -0.3 is 5.11 Å². The van der Waals surface area contributed by atoms with Crippen molar-refractivity contribution in [3.05, 3.63) is 35.4 Å². The highest BCUT2D eigenvalue weighted by Crippen LogP contribution is 2.18. The lowest BCUT2D eigenvalue weighted by Crippen LogP contribution is -1.96. The highest BCUT2D eigenvalue weighted by Gasteiger charge is 2.04. The molecule has 1 atom stereocenters. The minimum absolute atomic E-state index is 0.283. The molecular formula is C13H22O. The Kier molecular flexibility index (Phi) is 7.13. The van der Waals surface area contributed by atoms with Crippen molar-refractivity contribution >= 4 is 0 Å². The summed E-state index contributed by atoms with van der Waals surface area (Å²) in [6.45, 7) is 8.13. The van der Waals surface area contributed by atoms with Gasteiger partial charge in [-0.1, -0.05) is 57.0 Å². The van der Waals surface area contributed by atoms with Crippen LogP contribution in [0.3, 0.4) is 0 Å². The van der Waals surface area contributed by atoms with Crippen LogP contribution in [0.5, 0.6) is 0 Å². The molecule has 80 valence electrons. The number of rotatable bonds is 3. The third-order valence-corrected chi connectivity index (χ3v) is 1.99. The molecule has 1 rings (SSSR count). The van der Waals surface area contributed by atoms with Gasteiger partial charge in [-0.05, 0) is 18.9 Å². The topological polar surface area (TPSA) is 20.2 Å². The summed E-state index contributed by atoms with van der Waals surface area (Å²) in [5.74, 6) is 0. The quantitative estimate of drug-likeness (QED) is 0.774. The normalized spacial score (nSPS) is 11.5. The molecule has 0 heterocycles. The molecule has 14 heavy (non-hydrogen) atoms. The average Bonchev–Trinajstić information content (AvgIpc) is 2.21. The van der Waals surface area contributed by atoms with Gasteiger partial charge in [-0.3, -0.25) is 0 Å². The van der Waals surface area contributed by atoms with Gasteiger partial charge in [0.1, 0.15) is 0 Å². The first-order chi connectivity index (χ1) is 6.74. The van der Waals surface area contributed by atoms with Crippen LogP contribution >= 0.6 is 0 Å². The van der Waals surface area contributed by atoms with Crippen LogP contribution < -0.4 is 0 Å². The maximum absolute atomic E-state index is 9.64. The molecule has 0 aromatic heterocycles. The van der Waals surface area contributed by atoms with E-state index < -0.39 is 0 Å². The molecule has 0 aliphatic carbocycles. The maximum Gasteiger partial charge on any atom is 0.0790 e. The molecule has 1 nitrogen and oxygen atoms in total. The highest BCUT2D eigenvalue weighted by atomic mass is 16.3. The van der Waals surface area contributed by atoms with Gasteiger partial charge in [0.05, 0.1) is 6.10 Å². The Hall–Kier alpha value is -0.820. The van der Waals surface area contributed by atoms with E-state index in [0.717, 1.165) is 18.4 Å². The summed E-state index contributed by atoms with van der Waals surface area (Å²) < 4.78 is 0. The molecular weight excluding hydrogens is 172 g/mol. The molecule has 0 fully saturated rings. The zero-order valence-electron chi connectivity index (χ0n) is 9.75. The molecule has 0 radical (unpaired) electrons. The summed E-state index contributed by atoms with van der Waals surface area (Å²) in [6.07, 6.45) is 1.59. The second-order valence-corrected chi connectivity index (χ2v) is 3.22. The number of aliphatic hydroxyl groups excluding tert-OH is 1. The Labute approximate surface area is 87.8 Å². The van der Waals surface area contributed by atoms with Gasteiger partial charge in [0.2, 0.25) is 0 Å². The molecule has 1 aromatic rings. The van der Waals surface area contributed by atoms with Crippen LogP contribution in [-0.2, 0) is 0 Å². The zero-order chi connectivity index (χ0) is 11.0. The first-order valence-electron chi connectivity index (χ1n) is 5.48. The Morgan fingerprint density at radius 1 is 1.29 bits per heavy atom. The van der Waals surface area contributed by atoms with Gasteiger partial charge >= 0.3 is 0 Å². The SMILES string of the molecule is CC.CCCC(O)c1cccc(C)c1. The molecule has 0 amide bonds. The predicted molar refractivity (Wildman–Crippen MR) is 62.4 cm³/mol. The van der Waals surface area contributed by atoms with Crippen molar-refractivity contribution in [1.82, 2.24) is 0 Å². The molecule has 0 spiro atoms. The van der Waals surface area contributed by atoms with Gasteiger partial charge in [-0.15, -0.1) is 0 Å². The van der Waals surface area contributed by atoms with Crippen LogP contribution in [-0.4, -0.2) is 5.11 Å². The van der Waals surface area contributed by atoms with Crippen LogP contribution in [0.1, 0.15) is 50.8 Å². The van der Waals surface area contributed by atoms with E-state index in [9.17, 15) is 5.11 Å². The van der Waals surface area contributed by atoms with Gasteiger partial charge in [0, 0.05) is 0 Å². The number of hydrogen-bond donors (Lipinski definition) is 1. The van der Waals surface area contributed by atoms with E-state index >= 15 is 0 Å². The van der Waals surface area contributed by atoms with Crippen molar-refractivity contribution in [3.8, 4) is 0 Å². The summed E-state index contributed by atoms with van der Waals surface area (Å²) >= 11 is 0. The van der Waals surface area contributed by atoms with E-state index in [1.54, 1.807) is 0 Å². The zero-order valence-corrected chi connectivity index (χ0v) is 9.75. The van der Waals surface area contributed by atoms with Crippen LogP contribution in [0.15, 0.2) is 24.3 Å². The molecule has 1 heteroatoms. The lowest BCUT2D eigenvalue weighted by Gasteiger charge is -2.09. The largest absolute Gasteiger partial charge is 0.388 e. The molecule has 0 aliphatic heterocycles. The average molecular weight is 194 g/mol. The van der Waals surface area contributed by atoms with E-state index in [1.165, 1.54) is 5.56 Å². The van der Waals surface area contributed by atoms with E-state index in [-0.39, 0.29) is 6.10 Å². The van der Waals surface area contributed by atoms with Crippen molar-refractivity contribution < 1.29 is 5.11 Å². The lowest BCUT2D eigenvalue weighted by atomic mass is 10.0. The summed E-state index contributed by atoms with van der Waals surface area (Å²) in [6, 6.07) is 8.05. The summed E-state index contributed by atoms with van der Waals surface area (Å²) in [7, 11) is 0. The van der Waals surface area contributed by atoms with Crippen LogP contribution in [0.25, 0.3) is 0 Å². The minimum atomic E-state index is -0.283. The van der Waals surface area contributed by atoms with Crippen LogP contribution in [0.2, 0.25) is 0 Å². The molecule has 1 N–H and O–H groups in total. The standard InChI is InChI=1S/C11H16O.C2H6/c1-3-5-11(12)10-7-4-6-9(2)8-10;1-2/h4,6-8,11-12H,3,5H2,1-2H3;1-2H3. The van der Waals surface area contributed by atoms with Gasteiger partial charge in [0.15, 0.2) is 0 Å². The van der Waals surface area contributed by atoms with Crippen LogP contribution in [0.4, 0.5) is 0 Å². The van der Waals surface area contributed by atoms with E-state index in [0.29, 0.717) is 0 Å². The summed E-state index contributed by atoms with van der Waals surface area (Å²) in [5, 5.41) is 9.64. The van der Waals surface area contributed by atoms with Gasteiger partial charge in [-0.2, -0.15) is 0 Å². The van der Waals surface area contributed by atoms with Crippen molar-refractivity contribution in [1.29, 1.82) is 0 Å². The number of aryl methyl sites for hydroxylation is 1. The molecule has 1 unspecified atom stereocenters. The van der Waals surface area contributed by atoms with E-state index in [2.05, 4.69) is 6.92 Å². The molecule has 0 saturated carbocycles. The molecule has 0 aliphatic rings. The van der Waals surface area contributed by atoms with Crippen molar-refractivity contribution in [2.45, 2.75) is 46.6 Å². The smallest absolute Gasteiger partial charge is 0.0790 e. The van der Waals surface area contributed by atoms with Gasteiger partial charge in [-0.25, -0.2) is 0 Å². The minimum Gasteiger partial charge on any atom is -0.388 e. The van der Waals surface area contributed by atoms with Gasteiger partial charge in [0.25, 0.3) is 0 Å². The predicted octanol–water partition coefficient (Wildman–Crippen LogP) is 3.85. The highest BCUT2D eigenvalue weighted by molar-refractivity contribution is 5.23. The Balaban J connectivity index is 0.000000791. The Morgan fingerprint density at radius 3 is 2.43 bits per heavy atom. The lowest BCUT2D eigenvalue weighted by molar-refractivity contribution is 0.166. The fraction of sp³-hybridized carbons (Fsp3) is 0.538. The third-order valence-electron chi connectivity index (χ3n) is 1.99. The number of hydrogen-bond acceptors (Lipinski definition) is 1. The monoisotopic (exact) mass is 194 g/mol. The summed E-state index contributed by atoms with van der Waals surface area (Å²) in [5.41, 5.74) is 2.25. The Morgan fingerprint density at radius 2 is 1.93 bits per heavy atom. The maximum atomic E-state index is 9.64. The van der Waals surface area contributed by atoms with Crippen molar-refractivity contribution in [3.63, 3.8) is 0 Å². The first-order valence-corrected chi connectivity index (χ1v) is 5.48. The molecule has 1 aromatic carbocycles. The van der Waals surface area contributed by atoms with E-state index in [4.69, 9.17) is 0 Å². The third kappa shape index (κ3) is 4.43. The second kappa shape index (κ2) is 7.57. The van der Waals surface area contributed by atoms with Crippen molar-refractivity contribution in [2.75, 3.05) is 0 Å². The van der Waals surface area contributed by atoms with Crippen LogP contribution in [0, 0.1) is 6.92 Å². The summed E-state index contributed by atoms with van der Waals surface area (Å²) in [4.78, 5) is 0. The number of benzene rings is 1.